The second-order valence-corrected chi connectivity index (χ2v) is 5.58. The van der Waals surface area contributed by atoms with Gasteiger partial charge in [-0.2, -0.15) is 0 Å². The van der Waals surface area contributed by atoms with Crippen molar-refractivity contribution in [1.82, 2.24) is 19.4 Å². The molecule has 3 aromatic heterocycles. The molecule has 0 spiro atoms. The van der Waals surface area contributed by atoms with Crippen LogP contribution in [0.5, 0.6) is 0 Å². The lowest BCUT2D eigenvalue weighted by atomic mass is 10.1. The van der Waals surface area contributed by atoms with Gasteiger partial charge in [0.05, 0.1) is 11.9 Å². The number of fused-ring (bicyclic) bond motifs is 1. The summed E-state index contributed by atoms with van der Waals surface area (Å²) in [6, 6.07) is 10.0. The summed E-state index contributed by atoms with van der Waals surface area (Å²) < 4.78 is 15.0. The van der Waals surface area contributed by atoms with Crippen LogP contribution >= 0.6 is 0 Å². The smallest absolute Gasteiger partial charge is 0.169 e. The number of nitrogens with one attached hydrogen (secondary N) is 1. The Balaban J connectivity index is 1.57. The van der Waals surface area contributed by atoms with Gasteiger partial charge in [-0.15, -0.1) is 0 Å². The quantitative estimate of drug-likeness (QED) is 0.599. The van der Waals surface area contributed by atoms with Gasteiger partial charge in [0.1, 0.15) is 11.5 Å². The predicted octanol–water partition coefficient (Wildman–Crippen LogP) is 3.12. The van der Waals surface area contributed by atoms with E-state index in [1.54, 1.807) is 24.5 Å². The van der Waals surface area contributed by atoms with Gasteiger partial charge in [0.25, 0.3) is 0 Å². The number of nitrogen functional groups attached to an aromatic ring is 1. The minimum atomic E-state index is -0.291. The third-order valence-corrected chi connectivity index (χ3v) is 3.85. The molecule has 3 heterocycles. The fourth-order valence-electron chi connectivity index (χ4n) is 2.54. The first-order valence-corrected chi connectivity index (χ1v) is 7.73. The Morgan fingerprint density at radius 2 is 1.92 bits per heavy atom. The van der Waals surface area contributed by atoms with E-state index in [-0.39, 0.29) is 5.82 Å². The Morgan fingerprint density at radius 1 is 1.08 bits per heavy atom. The molecule has 0 fully saturated rings. The van der Waals surface area contributed by atoms with Crippen LogP contribution in [0.4, 0.5) is 16.0 Å². The predicted molar refractivity (Wildman–Crippen MR) is 94.4 cm³/mol. The van der Waals surface area contributed by atoms with Crippen LogP contribution in [0.15, 0.2) is 61.2 Å². The first kappa shape index (κ1) is 15.1. The lowest BCUT2D eigenvalue weighted by Gasteiger charge is -2.10. The molecule has 3 N–H and O–H groups in total. The van der Waals surface area contributed by atoms with Crippen molar-refractivity contribution >= 4 is 17.3 Å². The second kappa shape index (κ2) is 6.20. The zero-order valence-corrected chi connectivity index (χ0v) is 13.2. The molecular weight excluding hydrogens is 319 g/mol. The molecule has 6 nitrogen and oxygen atoms in total. The Morgan fingerprint density at radius 3 is 2.76 bits per heavy atom. The molecule has 0 unspecified atom stereocenters. The number of anilines is 2. The number of aromatic nitrogens is 4. The first-order chi connectivity index (χ1) is 12.2. The van der Waals surface area contributed by atoms with Crippen LogP contribution < -0.4 is 11.1 Å². The van der Waals surface area contributed by atoms with Gasteiger partial charge in [-0.3, -0.25) is 0 Å². The third-order valence-electron chi connectivity index (χ3n) is 3.85. The summed E-state index contributed by atoms with van der Waals surface area (Å²) in [4.78, 5) is 12.9. The van der Waals surface area contributed by atoms with Gasteiger partial charge in [-0.25, -0.2) is 19.3 Å². The number of hydrogen-bond donors (Lipinski definition) is 2. The normalized spacial score (nSPS) is 10.9. The van der Waals surface area contributed by atoms with Crippen molar-refractivity contribution in [1.29, 1.82) is 0 Å². The fourth-order valence-corrected chi connectivity index (χ4v) is 2.54. The van der Waals surface area contributed by atoms with E-state index >= 15 is 0 Å². The van der Waals surface area contributed by atoms with E-state index in [4.69, 9.17) is 5.73 Å². The zero-order valence-electron chi connectivity index (χ0n) is 13.2. The number of nitrogens with zero attached hydrogens (tertiary/aromatic N) is 4. The lowest BCUT2D eigenvalue weighted by Crippen LogP contribution is -2.07. The van der Waals surface area contributed by atoms with Crippen LogP contribution in [0, 0.1) is 5.82 Å². The number of nitrogens with two attached hydrogens (primary N) is 1. The van der Waals surface area contributed by atoms with E-state index in [9.17, 15) is 4.39 Å². The molecule has 0 atom stereocenters. The molecular formula is C18H15FN6. The Bertz CT molecular complexity index is 1030. The van der Waals surface area contributed by atoms with E-state index in [2.05, 4.69) is 20.3 Å². The SMILES string of the molecule is Nc1ncc(-c2ccc(F)cc2)nc1NCc1ccc2nccn2c1. The number of halogens is 1. The standard InChI is InChI=1S/C18H15FN6/c19-14-4-2-13(3-5-14)15-10-22-17(20)18(24-15)23-9-12-1-6-16-21-7-8-25(16)11-12/h1-8,10-11H,9H2,(H2,20,22)(H,23,24). The highest BCUT2D eigenvalue weighted by molar-refractivity contribution is 5.65. The van der Waals surface area contributed by atoms with Crippen LogP contribution in [-0.4, -0.2) is 19.4 Å². The summed E-state index contributed by atoms with van der Waals surface area (Å²) >= 11 is 0. The molecule has 0 amide bonds. The van der Waals surface area contributed by atoms with Crippen molar-refractivity contribution in [3.63, 3.8) is 0 Å². The first-order valence-electron chi connectivity index (χ1n) is 7.73. The van der Waals surface area contributed by atoms with Gasteiger partial charge in [0.2, 0.25) is 0 Å². The summed E-state index contributed by atoms with van der Waals surface area (Å²) in [7, 11) is 0. The molecule has 0 aliphatic carbocycles. The van der Waals surface area contributed by atoms with Crippen LogP contribution in [0.2, 0.25) is 0 Å². The van der Waals surface area contributed by atoms with Crippen LogP contribution in [-0.2, 0) is 6.54 Å². The topological polar surface area (TPSA) is 81.1 Å². The number of rotatable bonds is 4. The lowest BCUT2D eigenvalue weighted by molar-refractivity contribution is 0.628. The minimum Gasteiger partial charge on any atom is -0.381 e. The number of imidazole rings is 1. The molecule has 124 valence electrons. The van der Waals surface area contributed by atoms with Crippen molar-refractivity contribution in [2.45, 2.75) is 6.54 Å². The molecule has 4 aromatic rings. The van der Waals surface area contributed by atoms with Crippen molar-refractivity contribution in [3.8, 4) is 11.3 Å². The number of pyridine rings is 1. The van der Waals surface area contributed by atoms with Crippen LogP contribution in [0.1, 0.15) is 5.56 Å². The summed E-state index contributed by atoms with van der Waals surface area (Å²) in [6.07, 6.45) is 7.21. The van der Waals surface area contributed by atoms with Gasteiger partial charge in [-0.05, 0) is 35.9 Å². The van der Waals surface area contributed by atoms with Crippen molar-refractivity contribution in [3.05, 3.63) is 72.6 Å². The molecule has 0 saturated carbocycles. The van der Waals surface area contributed by atoms with Crippen molar-refractivity contribution < 1.29 is 4.39 Å². The average molecular weight is 334 g/mol. The molecule has 0 aliphatic heterocycles. The second-order valence-electron chi connectivity index (χ2n) is 5.58. The monoisotopic (exact) mass is 334 g/mol. The molecule has 1 aromatic carbocycles. The molecule has 0 bridgehead atoms. The Labute approximate surface area is 143 Å². The van der Waals surface area contributed by atoms with Gasteiger partial charge < -0.3 is 15.5 Å². The molecule has 0 saturated heterocycles. The maximum Gasteiger partial charge on any atom is 0.169 e. The van der Waals surface area contributed by atoms with E-state index in [0.717, 1.165) is 16.8 Å². The number of hydrogen-bond acceptors (Lipinski definition) is 5. The summed E-state index contributed by atoms with van der Waals surface area (Å²) in [5.74, 6) is 0.516. The zero-order chi connectivity index (χ0) is 17.2. The molecule has 0 radical (unpaired) electrons. The average Bonchev–Trinajstić information content (AvgIpc) is 3.09. The Hall–Kier alpha value is -3.48. The largest absolute Gasteiger partial charge is 0.381 e. The highest BCUT2D eigenvalue weighted by atomic mass is 19.1. The Kier molecular flexibility index (Phi) is 3.74. The molecule has 0 aliphatic rings. The highest BCUT2D eigenvalue weighted by Gasteiger charge is 2.07. The van der Waals surface area contributed by atoms with E-state index in [1.165, 1.54) is 12.1 Å². The minimum absolute atomic E-state index is 0.291. The van der Waals surface area contributed by atoms with E-state index in [0.29, 0.717) is 23.9 Å². The van der Waals surface area contributed by atoms with Gasteiger partial charge >= 0.3 is 0 Å². The van der Waals surface area contributed by atoms with Crippen LogP contribution in [0.3, 0.4) is 0 Å². The van der Waals surface area contributed by atoms with Crippen LogP contribution in [0.25, 0.3) is 16.9 Å². The maximum atomic E-state index is 13.1. The highest BCUT2D eigenvalue weighted by Crippen LogP contribution is 2.22. The molecule has 25 heavy (non-hydrogen) atoms. The van der Waals surface area contributed by atoms with Crippen molar-refractivity contribution in [2.24, 2.45) is 0 Å². The summed E-state index contributed by atoms with van der Waals surface area (Å²) in [5.41, 5.74) is 9.26. The van der Waals surface area contributed by atoms with E-state index in [1.807, 2.05) is 28.9 Å². The molecule has 7 heteroatoms. The summed E-state index contributed by atoms with van der Waals surface area (Å²) in [6.45, 7) is 0.542. The molecule has 4 rings (SSSR count). The van der Waals surface area contributed by atoms with Gasteiger partial charge in [0.15, 0.2) is 11.6 Å². The maximum absolute atomic E-state index is 13.1. The van der Waals surface area contributed by atoms with Gasteiger partial charge in [-0.1, -0.05) is 6.07 Å². The van der Waals surface area contributed by atoms with E-state index < -0.39 is 0 Å². The third kappa shape index (κ3) is 3.12. The summed E-state index contributed by atoms with van der Waals surface area (Å²) in [5, 5.41) is 3.20. The van der Waals surface area contributed by atoms with Gasteiger partial charge in [0, 0.05) is 30.7 Å². The van der Waals surface area contributed by atoms with Crippen molar-refractivity contribution in [2.75, 3.05) is 11.1 Å². The number of benzene rings is 1. The fraction of sp³-hybridized carbons (Fsp3) is 0.0556.